The zero-order valence-electron chi connectivity index (χ0n) is 6.30. The summed E-state index contributed by atoms with van der Waals surface area (Å²) in [6, 6.07) is 0. The number of nitrogens with zero attached hydrogens (tertiary/aromatic N) is 1. The Bertz CT molecular complexity index is 155. The van der Waals surface area contributed by atoms with Gasteiger partial charge in [-0.25, -0.2) is 0 Å². The molecule has 0 aliphatic carbocycles. The number of nitrogens with two attached hydrogens (primary N) is 1. The van der Waals surface area contributed by atoms with Gasteiger partial charge in [0.25, 0.3) is 0 Å². The zero-order chi connectivity index (χ0) is 9.07. The van der Waals surface area contributed by atoms with E-state index in [4.69, 9.17) is 10.8 Å². The molecule has 0 radical (unpaired) electrons. The highest BCUT2D eigenvalue weighted by Gasteiger charge is 2.37. The summed E-state index contributed by atoms with van der Waals surface area (Å²) in [5.74, 6) is 0.0216. The Balaban J connectivity index is 0. The summed E-state index contributed by atoms with van der Waals surface area (Å²) >= 11 is 0. The van der Waals surface area contributed by atoms with Crippen molar-refractivity contribution < 1.29 is 18.3 Å². The minimum atomic E-state index is -4.61. The molecule has 0 aromatic heterocycles. The van der Waals surface area contributed by atoms with Crippen molar-refractivity contribution in [1.29, 1.82) is 0 Å². The van der Waals surface area contributed by atoms with Crippen LogP contribution in [0.3, 0.4) is 0 Å². The first-order valence-corrected chi connectivity index (χ1v) is 2.85. The van der Waals surface area contributed by atoms with Crippen molar-refractivity contribution in [3.05, 3.63) is 0 Å². The van der Waals surface area contributed by atoms with Gasteiger partial charge in [0, 0.05) is 0 Å². The number of aliphatic hydroxyl groups is 1. The van der Waals surface area contributed by atoms with Gasteiger partial charge in [0.1, 0.15) is 0 Å². The summed E-state index contributed by atoms with van der Waals surface area (Å²) < 4.78 is 34.6. The van der Waals surface area contributed by atoms with Crippen LogP contribution in [0.4, 0.5) is 13.2 Å². The molecule has 3 N–H and O–H groups in total. The molecule has 0 fully saturated rings. The predicted octanol–water partition coefficient (Wildman–Crippen LogP) is 0.905. The number of hydrogen-bond donors (Lipinski definition) is 2. The van der Waals surface area contributed by atoms with Crippen LogP contribution in [-0.2, 0) is 0 Å². The molecule has 0 spiro atoms. The molecule has 0 aromatic rings. The van der Waals surface area contributed by atoms with Crippen LogP contribution < -0.4 is 5.73 Å². The first-order chi connectivity index (χ1) is 4.84. The van der Waals surface area contributed by atoms with E-state index in [0.29, 0.717) is 0 Å². The summed E-state index contributed by atoms with van der Waals surface area (Å²) in [5, 5.41) is 8.35. The van der Waals surface area contributed by atoms with Crippen molar-refractivity contribution in [2.45, 2.75) is 19.2 Å². The summed E-state index contributed by atoms with van der Waals surface area (Å²) in [6.07, 6.45) is -7.03. The number of hydrogen-bond acceptors (Lipinski definition) is 2. The lowest BCUT2D eigenvalue weighted by molar-refractivity contribution is -0.199. The second-order valence-corrected chi connectivity index (χ2v) is 2.04. The third kappa shape index (κ3) is 6.65. The van der Waals surface area contributed by atoms with Crippen molar-refractivity contribution in [2.75, 3.05) is 6.54 Å². The van der Waals surface area contributed by atoms with Gasteiger partial charge < -0.3 is 10.8 Å². The van der Waals surface area contributed by atoms with E-state index in [-0.39, 0.29) is 29.8 Å². The second-order valence-electron chi connectivity index (χ2n) is 2.04. The van der Waals surface area contributed by atoms with Crippen LogP contribution in [-0.4, -0.2) is 29.8 Å². The molecular formula is C5H10F3IN2O. The normalized spacial score (nSPS) is 15.2. The van der Waals surface area contributed by atoms with Crippen molar-refractivity contribution in [3.63, 3.8) is 0 Å². The largest absolute Gasteiger partial charge is 0.416 e. The second kappa shape index (κ2) is 5.57. The maximum absolute atomic E-state index is 11.5. The standard InChI is InChI=1S/C5H9F3N2O.HI/c1-3(9)10-2-4(11)5(6,7)8;/h4,11H,2H2,1H3,(H2,9,10);1H. The lowest BCUT2D eigenvalue weighted by Gasteiger charge is -2.11. The fraction of sp³-hybridized carbons (Fsp3) is 0.800. The van der Waals surface area contributed by atoms with Gasteiger partial charge in [-0.3, -0.25) is 4.99 Å². The van der Waals surface area contributed by atoms with E-state index < -0.39 is 18.8 Å². The number of aliphatic imine (C=N–C) groups is 1. The molecule has 0 heterocycles. The van der Waals surface area contributed by atoms with Gasteiger partial charge >= 0.3 is 6.18 Å². The molecule has 3 nitrogen and oxygen atoms in total. The van der Waals surface area contributed by atoms with Gasteiger partial charge in [-0.05, 0) is 6.92 Å². The maximum Gasteiger partial charge on any atom is 0.416 e. The zero-order valence-corrected chi connectivity index (χ0v) is 8.63. The van der Waals surface area contributed by atoms with E-state index in [0.717, 1.165) is 0 Å². The molecule has 7 heteroatoms. The molecule has 0 aliphatic heterocycles. The van der Waals surface area contributed by atoms with Crippen molar-refractivity contribution in [1.82, 2.24) is 0 Å². The van der Waals surface area contributed by atoms with Crippen LogP contribution in [0.15, 0.2) is 4.99 Å². The Labute approximate surface area is 84.9 Å². The molecule has 0 amide bonds. The molecule has 0 aromatic carbocycles. The molecule has 12 heavy (non-hydrogen) atoms. The average molecular weight is 298 g/mol. The van der Waals surface area contributed by atoms with Crippen LogP contribution in [0.1, 0.15) is 6.92 Å². The quantitative estimate of drug-likeness (QED) is 0.452. The number of amidine groups is 1. The number of rotatable bonds is 2. The monoisotopic (exact) mass is 298 g/mol. The molecule has 74 valence electrons. The topological polar surface area (TPSA) is 58.6 Å². The van der Waals surface area contributed by atoms with E-state index in [1.54, 1.807) is 0 Å². The SMILES string of the molecule is CC(N)=NCC(O)C(F)(F)F.I. The summed E-state index contributed by atoms with van der Waals surface area (Å²) in [7, 11) is 0. The summed E-state index contributed by atoms with van der Waals surface area (Å²) in [6.45, 7) is 0.620. The van der Waals surface area contributed by atoms with E-state index in [2.05, 4.69) is 4.99 Å². The fourth-order valence-corrected chi connectivity index (χ4v) is 0.334. The van der Waals surface area contributed by atoms with Gasteiger partial charge in [-0.15, -0.1) is 24.0 Å². The first kappa shape index (κ1) is 14.5. The van der Waals surface area contributed by atoms with Crippen LogP contribution >= 0.6 is 24.0 Å². The highest BCUT2D eigenvalue weighted by Crippen LogP contribution is 2.19. The Hall–Kier alpha value is -0.0500. The lowest BCUT2D eigenvalue weighted by Crippen LogP contribution is -2.31. The lowest BCUT2D eigenvalue weighted by atomic mass is 10.3. The minimum Gasteiger partial charge on any atom is -0.388 e. The maximum atomic E-state index is 11.5. The number of alkyl halides is 3. The molecule has 0 aliphatic rings. The van der Waals surface area contributed by atoms with Gasteiger partial charge in [-0.2, -0.15) is 13.2 Å². The molecule has 1 unspecified atom stereocenters. The number of aliphatic hydroxyl groups excluding tert-OH is 1. The fourth-order valence-electron chi connectivity index (χ4n) is 0.334. The number of halogens is 4. The molecule has 0 bridgehead atoms. The van der Waals surface area contributed by atoms with Crippen LogP contribution in [0.25, 0.3) is 0 Å². The molecule has 1 atom stereocenters. The van der Waals surface area contributed by atoms with E-state index >= 15 is 0 Å². The Morgan fingerprint density at radius 3 is 2.25 bits per heavy atom. The van der Waals surface area contributed by atoms with E-state index in [9.17, 15) is 13.2 Å². The minimum absolute atomic E-state index is 0. The third-order valence-electron chi connectivity index (χ3n) is 0.891. The Kier molecular flexibility index (Phi) is 6.72. The molecular weight excluding hydrogens is 288 g/mol. The summed E-state index contributed by atoms with van der Waals surface area (Å²) in [4.78, 5) is 3.22. The van der Waals surface area contributed by atoms with Crippen LogP contribution in [0.5, 0.6) is 0 Å². The molecule has 0 saturated heterocycles. The highest BCUT2D eigenvalue weighted by atomic mass is 127. The van der Waals surface area contributed by atoms with Gasteiger partial charge in [0.15, 0.2) is 6.10 Å². The predicted molar refractivity (Wildman–Crippen MR) is 49.6 cm³/mol. The van der Waals surface area contributed by atoms with Crippen LogP contribution in [0.2, 0.25) is 0 Å². The third-order valence-corrected chi connectivity index (χ3v) is 0.891. The molecule has 0 saturated carbocycles. The van der Waals surface area contributed by atoms with E-state index in [1.807, 2.05) is 0 Å². The Morgan fingerprint density at radius 1 is 1.58 bits per heavy atom. The van der Waals surface area contributed by atoms with Gasteiger partial charge in [0.2, 0.25) is 0 Å². The van der Waals surface area contributed by atoms with E-state index in [1.165, 1.54) is 6.92 Å². The Morgan fingerprint density at radius 2 is 2.00 bits per heavy atom. The van der Waals surface area contributed by atoms with Crippen molar-refractivity contribution in [3.8, 4) is 0 Å². The summed E-state index contributed by atoms with van der Waals surface area (Å²) in [5.41, 5.74) is 4.96. The molecule has 0 rings (SSSR count). The average Bonchev–Trinajstić information content (AvgIpc) is 1.80. The van der Waals surface area contributed by atoms with Crippen LogP contribution in [0, 0.1) is 0 Å². The van der Waals surface area contributed by atoms with Crippen molar-refractivity contribution in [2.24, 2.45) is 10.7 Å². The highest BCUT2D eigenvalue weighted by molar-refractivity contribution is 14.0. The van der Waals surface area contributed by atoms with Crippen molar-refractivity contribution >= 4 is 29.8 Å². The smallest absolute Gasteiger partial charge is 0.388 e. The van der Waals surface area contributed by atoms with Gasteiger partial charge in [-0.1, -0.05) is 0 Å². The van der Waals surface area contributed by atoms with Gasteiger partial charge in [0.05, 0.1) is 12.4 Å². The first-order valence-electron chi connectivity index (χ1n) is 2.85.